The van der Waals surface area contributed by atoms with Gasteiger partial charge < -0.3 is 14.8 Å². The molecular formula is C18H24FN3O3. The molecule has 1 heterocycles. The van der Waals surface area contributed by atoms with Gasteiger partial charge in [0.05, 0.1) is 25.5 Å². The SMILES string of the molecule is COc1ccc(F)c(CNC(=O)c2cc(C(C)(C)C)nn2C)c1OC. The summed E-state index contributed by atoms with van der Waals surface area (Å²) in [6, 6.07) is 4.51. The van der Waals surface area contributed by atoms with Crippen molar-refractivity contribution >= 4 is 5.91 Å². The second kappa shape index (κ2) is 7.13. The molecular weight excluding hydrogens is 325 g/mol. The number of hydrogen-bond donors (Lipinski definition) is 1. The summed E-state index contributed by atoms with van der Waals surface area (Å²) in [6.07, 6.45) is 0. The Balaban J connectivity index is 2.23. The van der Waals surface area contributed by atoms with E-state index in [1.807, 2.05) is 20.8 Å². The number of methoxy groups -OCH3 is 2. The first-order valence-corrected chi connectivity index (χ1v) is 7.91. The first kappa shape index (κ1) is 18.8. The van der Waals surface area contributed by atoms with Crippen LogP contribution in [0.25, 0.3) is 0 Å². The van der Waals surface area contributed by atoms with Gasteiger partial charge in [-0.2, -0.15) is 5.10 Å². The fourth-order valence-corrected chi connectivity index (χ4v) is 2.44. The van der Waals surface area contributed by atoms with E-state index < -0.39 is 5.82 Å². The third-order valence-corrected chi connectivity index (χ3v) is 3.90. The molecule has 0 aliphatic heterocycles. The van der Waals surface area contributed by atoms with Crippen molar-refractivity contribution in [3.05, 3.63) is 41.0 Å². The van der Waals surface area contributed by atoms with E-state index in [0.717, 1.165) is 5.69 Å². The number of nitrogens with one attached hydrogen (secondary N) is 1. The molecule has 0 saturated carbocycles. The molecule has 7 heteroatoms. The van der Waals surface area contributed by atoms with Crippen molar-refractivity contribution in [2.24, 2.45) is 7.05 Å². The number of nitrogens with zero attached hydrogens (tertiary/aromatic N) is 2. The highest BCUT2D eigenvalue weighted by atomic mass is 19.1. The molecule has 0 aliphatic carbocycles. The highest BCUT2D eigenvalue weighted by molar-refractivity contribution is 5.92. The molecule has 0 spiro atoms. The van der Waals surface area contributed by atoms with Crippen molar-refractivity contribution in [3.8, 4) is 11.5 Å². The van der Waals surface area contributed by atoms with E-state index in [9.17, 15) is 9.18 Å². The molecule has 2 rings (SSSR count). The summed E-state index contributed by atoms with van der Waals surface area (Å²) in [6.45, 7) is 6.04. The second-order valence-corrected chi connectivity index (χ2v) is 6.73. The van der Waals surface area contributed by atoms with Crippen LogP contribution in [0.5, 0.6) is 11.5 Å². The Hall–Kier alpha value is -2.57. The van der Waals surface area contributed by atoms with E-state index in [2.05, 4.69) is 10.4 Å². The van der Waals surface area contributed by atoms with Crippen LogP contribution in [0.15, 0.2) is 18.2 Å². The minimum atomic E-state index is -0.474. The summed E-state index contributed by atoms with van der Waals surface area (Å²) in [5, 5.41) is 7.09. The highest BCUT2D eigenvalue weighted by Crippen LogP contribution is 2.32. The number of rotatable bonds is 5. The van der Waals surface area contributed by atoms with Gasteiger partial charge in [0.15, 0.2) is 11.5 Å². The Morgan fingerprint density at radius 2 is 1.96 bits per heavy atom. The normalized spacial score (nSPS) is 11.3. The van der Waals surface area contributed by atoms with Gasteiger partial charge in [0, 0.05) is 19.0 Å². The smallest absolute Gasteiger partial charge is 0.269 e. The number of hydrogen-bond acceptors (Lipinski definition) is 4. The lowest BCUT2D eigenvalue weighted by molar-refractivity contribution is 0.0941. The van der Waals surface area contributed by atoms with Gasteiger partial charge >= 0.3 is 0 Å². The molecule has 0 saturated heterocycles. The second-order valence-electron chi connectivity index (χ2n) is 6.73. The molecule has 0 fully saturated rings. The Morgan fingerprint density at radius 1 is 1.28 bits per heavy atom. The third kappa shape index (κ3) is 3.92. The van der Waals surface area contributed by atoms with Gasteiger partial charge in [-0.3, -0.25) is 9.48 Å². The van der Waals surface area contributed by atoms with Crippen LogP contribution in [0, 0.1) is 5.82 Å². The van der Waals surface area contributed by atoms with Gasteiger partial charge in [-0.15, -0.1) is 0 Å². The molecule has 25 heavy (non-hydrogen) atoms. The predicted molar refractivity (Wildman–Crippen MR) is 92.6 cm³/mol. The lowest BCUT2D eigenvalue weighted by Gasteiger charge is -2.14. The van der Waals surface area contributed by atoms with Crippen LogP contribution in [0.1, 0.15) is 42.5 Å². The molecule has 1 aromatic heterocycles. The summed E-state index contributed by atoms with van der Waals surface area (Å²) in [7, 11) is 4.61. The van der Waals surface area contributed by atoms with Crippen molar-refractivity contribution in [3.63, 3.8) is 0 Å². The van der Waals surface area contributed by atoms with Crippen molar-refractivity contribution in [1.29, 1.82) is 0 Å². The molecule has 0 atom stereocenters. The van der Waals surface area contributed by atoms with Crippen molar-refractivity contribution in [1.82, 2.24) is 15.1 Å². The Bertz CT molecular complexity index is 779. The first-order valence-electron chi connectivity index (χ1n) is 7.91. The summed E-state index contributed by atoms with van der Waals surface area (Å²) >= 11 is 0. The van der Waals surface area contributed by atoms with Crippen LogP contribution < -0.4 is 14.8 Å². The maximum Gasteiger partial charge on any atom is 0.269 e. The van der Waals surface area contributed by atoms with Gasteiger partial charge in [0.25, 0.3) is 5.91 Å². The Kier molecular flexibility index (Phi) is 5.35. The number of halogens is 1. The van der Waals surface area contributed by atoms with Crippen LogP contribution in [-0.4, -0.2) is 29.9 Å². The number of amides is 1. The van der Waals surface area contributed by atoms with Crippen molar-refractivity contribution < 1.29 is 18.7 Å². The fourth-order valence-electron chi connectivity index (χ4n) is 2.44. The molecule has 2 aromatic rings. The molecule has 0 aliphatic rings. The molecule has 1 amide bonds. The zero-order valence-corrected chi connectivity index (χ0v) is 15.4. The number of carbonyl (C=O) groups excluding carboxylic acids is 1. The first-order chi connectivity index (χ1) is 11.7. The molecule has 1 N–H and O–H groups in total. The minimum Gasteiger partial charge on any atom is -0.493 e. The average Bonchev–Trinajstić information content (AvgIpc) is 2.95. The lowest BCUT2D eigenvalue weighted by Crippen LogP contribution is -2.25. The maximum atomic E-state index is 14.1. The van der Waals surface area contributed by atoms with E-state index in [1.165, 1.54) is 31.0 Å². The number of benzene rings is 1. The number of carbonyl (C=O) groups is 1. The third-order valence-electron chi connectivity index (χ3n) is 3.90. The van der Waals surface area contributed by atoms with E-state index in [-0.39, 0.29) is 29.2 Å². The monoisotopic (exact) mass is 349 g/mol. The Morgan fingerprint density at radius 3 is 2.48 bits per heavy atom. The summed E-state index contributed by atoms with van der Waals surface area (Å²) in [5.41, 5.74) is 1.28. The molecule has 0 unspecified atom stereocenters. The molecule has 136 valence electrons. The van der Waals surface area contributed by atoms with E-state index >= 15 is 0 Å². The van der Waals surface area contributed by atoms with Gasteiger partial charge in [0.1, 0.15) is 11.5 Å². The van der Waals surface area contributed by atoms with E-state index in [0.29, 0.717) is 11.4 Å². The zero-order chi connectivity index (χ0) is 18.8. The molecule has 6 nitrogen and oxygen atoms in total. The largest absolute Gasteiger partial charge is 0.493 e. The zero-order valence-electron chi connectivity index (χ0n) is 15.4. The number of aryl methyl sites for hydroxylation is 1. The average molecular weight is 349 g/mol. The van der Waals surface area contributed by atoms with Crippen LogP contribution in [0.3, 0.4) is 0 Å². The van der Waals surface area contributed by atoms with Crippen molar-refractivity contribution in [2.75, 3.05) is 14.2 Å². The maximum absolute atomic E-state index is 14.1. The molecule has 1 aromatic carbocycles. The van der Waals surface area contributed by atoms with Crippen LogP contribution in [0.4, 0.5) is 4.39 Å². The predicted octanol–water partition coefficient (Wildman–Crippen LogP) is 2.80. The summed E-state index contributed by atoms with van der Waals surface area (Å²) in [5.74, 6) is -0.139. The summed E-state index contributed by atoms with van der Waals surface area (Å²) < 4.78 is 26.1. The van der Waals surface area contributed by atoms with E-state index in [4.69, 9.17) is 9.47 Å². The van der Waals surface area contributed by atoms with Gasteiger partial charge in [-0.05, 0) is 18.2 Å². The van der Waals surface area contributed by atoms with Crippen LogP contribution in [0.2, 0.25) is 0 Å². The van der Waals surface area contributed by atoms with Gasteiger partial charge in [0.2, 0.25) is 0 Å². The highest BCUT2D eigenvalue weighted by Gasteiger charge is 2.22. The number of aromatic nitrogens is 2. The number of ether oxygens (including phenoxy) is 2. The lowest BCUT2D eigenvalue weighted by atomic mass is 9.92. The quantitative estimate of drug-likeness (QED) is 0.901. The van der Waals surface area contributed by atoms with Gasteiger partial charge in [-0.1, -0.05) is 20.8 Å². The summed E-state index contributed by atoms with van der Waals surface area (Å²) in [4.78, 5) is 12.5. The topological polar surface area (TPSA) is 65.4 Å². The van der Waals surface area contributed by atoms with E-state index in [1.54, 1.807) is 13.1 Å². The van der Waals surface area contributed by atoms with Crippen LogP contribution in [-0.2, 0) is 19.0 Å². The van der Waals surface area contributed by atoms with Gasteiger partial charge in [-0.25, -0.2) is 4.39 Å². The van der Waals surface area contributed by atoms with Crippen molar-refractivity contribution in [2.45, 2.75) is 32.7 Å². The standard InChI is InChI=1S/C18H24FN3O3/c1-18(2,3)15-9-13(22(4)21-15)17(23)20-10-11-12(19)7-8-14(24-5)16(11)25-6/h7-9H,10H2,1-6H3,(H,20,23). The van der Waals surface area contributed by atoms with Crippen LogP contribution >= 0.6 is 0 Å². The Labute approximate surface area is 146 Å². The minimum absolute atomic E-state index is 0.0267. The fraction of sp³-hybridized carbons (Fsp3) is 0.444. The molecule has 0 radical (unpaired) electrons. The molecule has 0 bridgehead atoms.